The number of hydrogen-bond donors (Lipinski definition) is 2. The van der Waals surface area contributed by atoms with E-state index in [4.69, 9.17) is 0 Å². The summed E-state index contributed by atoms with van der Waals surface area (Å²) in [6, 6.07) is 5.05. The number of rotatable bonds is 3. The molecule has 1 saturated carbocycles. The van der Waals surface area contributed by atoms with Crippen LogP contribution in [0.2, 0.25) is 0 Å². The summed E-state index contributed by atoms with van der Waals surface area (Å²) in [4.78, 5) is 26.8. The fraction of sp³-hybridized carbons (Fsp3) is 0.222. The second kappa shape index (κ2) is 5.28. The number of H-pyrrole nitrogens is 1. The van der Waals surface area contributed by atoms with E-state index < -0.39 is 37.7 Å². The number of halogens is 2. The van der Waals surface area contributed by atoms with Crippen molar-refractivity contribution in [1.29, 1.82) is 0 Å². The highest BCUT2D eigenvalue weighted by Crippen LogP contribution is 2.51. The summed E-state index contributed by atoms with van der Waals surface area (Å²) in [5.41, 5.74) is 0.0411. The average Bonchev–Trinajstić information content (AvgIpc) is 3.02. The second-order valence-corrected chi connectivity index (χ2v) is 8.76. The van der Waals surface area contributed by atoms with E-state index in [2.05, 4.69) is 9.71 Å². The number of hydrogen-bond acceptors (Lipinski definition) is 4. The van der Waals surface area contributed by atoms with Gasteiger partial charge in [0.05, 0.1) is 22.1 Å². The molecule has 0 radical (unpaired) electrons. The largest absolute Gasteiger partial charge is 0.333 e. The number of aromatic nitrogens is 2. The normalized spacial score (nSPS) is 17.3. The van der Waals surface area contributed by atoms with Crippen molar-refractivity contribution in [2.24, 2.45) is 0 Å². The van der Waals surface area contributed by atoms with Gasteiger partial charge in [-0.15, -0.1) is 0 Å². The van der Waals surface area contributed by atoms with Crippen molar-refractivity contribution in [1.82, 2.24) is 9.55 Å². The number of imidazole rings is 1. The summed E-state index contributed by atoms with van der Waals surface area (Å²) >= 11 is 0. The second-order valence-electron chi connectivity index (χ2n) is 7.11. The Labute approximate surface area is 157 Å². The number of aromatic amines is 1. The predicted octanol–water partition coefficient (Wildman–Crippen LogP) is 2.48. The van der Waals surface area contributed by atoms with E-state index in [0.717, 1.165) is 23.1 Å². The number of nitrogens with zero attached hydrogens (tertiary/aromatic N) is 1. The first kappa shape index (κ1) is 17.1. The zero-order valence-electron chi connectivity index (χ0n) is 14.3. The molecule has 1 aromatic heterocycles. The van der Waals surface area contributed by atoms with Crippen molar-refractivity contribution in [2.45, 2.75) is 29.6 Å². The molecule has 2 aliphatic rings. The molecule has 2 heterocycles. The SMILES string of the molecule is O=C1n2c(=O)[nH]c3cc(NS(=O)(=O)c4ccc(F)cc4F)cc(c32)C12CCC2. The van der Waals surface area contributed by atoms with Gasteiger partial charge in [0, 0.05) is 6.07 Å². The molecule has 1 fully saturated rings. The van der Waals surface area contributed by atoms with E-state index >= 15 is 0 Å². The number of anilines is 1. The smallest absolute Gasteiger partial charge is 0.305 e. The summed E-state index contributed by atoms with van der Waals surface area (Å²) in [6.45, 7) is 0. The van der Waals surface area contributed by atoms with E-state index in [-0.39, 0.29) is 11.6 Å². The van der Waals surface area contributed by atoms with Gasteiger partial charge in [0.2, 0.25) is 5.91 Å². The van der Waals surface area contributed by atoms with Crippen LogP contribution in [-0.2, 0) is 15.4 Å². The van der Waals surface area contributed by atoms with Crippen molar-refractivity contribution in [3.8, 4) is 0 Å². The topological polar surface area (TPSA) is 101 Å². The van der Waals surface area contributed by atoms with E-state index in [1.54, 1.807) is 0 Å². The molecule has 0 atom stereocenters. The van der Waals surface area contributed by atoms with Crippen LogP contribution >= 0.6 is 0 Å². The number of benzene rings is 2. The molecule has 1 spiro atoms. The van der Waals surface area contributed by atoms with Crippen LogP contribution in [0, 0.1) is 11.6 Å². The quantitative estimate of drug-likeness (QED) is 0.699. The molecular formula is C18H13F2N3O4S. The molecule has 1 aliphatic heterocycles. The van der Waals surface area contributed by atoms with Gasteiger partial charge < -0.3 is 4.98 Å². The maximum atomic E-state index is 13.9. The lowest BCUT2D eigenvalue weighted by Crippen LogP contribution is -2.43. The third-order valence-corrected chi connectivity index (χ3v) is 6.96. The van der Waals surface area contributed by atoms with Gasteiger partial charge in [-0.05, 0) is 42.7 Å². The minimum atomic E-state index is -4.35. The van der Waals surface area contributed by atoms with Crippen LogP contribution in [0.3, 0.4) is 0 Å². The monoisotopic (exact) mass is 405 g/mol. The van der Waals surface area contributed by atoms with Gasteiger partial charge in [-0.2, -0.15) is 0 Å². The van der Waals surface area contributed by atoms with Crippen LogP contribution in [-0.4, -0.2) is 23.9 Å². The highest BCUT2D eigenvalue weighted by molar-refractivity contribution is 7.92. The van der Waals surface area contributed by atoms with Crippen LogP contribution in [0.25, 0.3) is 11.0 Å². The summed E-state index contributed by atoms with van der Waals surface area (Å²) in [5, 5.41) is 0. The van der Waals surface area contributed by atoms with Gasteiger partial charge in [0.1, 0.15) is 16.5 Å². The first-order chi connectivity index (χ1) is 13.2. The van der Waals surface area contributed by atoms with Crippen LogP contribution < -0.4 is 10.4 Å². The Hall–Kier alpha value is -3.01. The average molecular weight is 405 g/mol. The van der Waals surface area contributed by atoms with E-state index in [1.807, 2.05) is 0 Å². The molecule has 2 N–H and O–H groups in total. The molecule has 10 heteroatoms. The molecule has 7 nitrogen and oxygen atoms in total. The molecule has 0 saturated heterocycles. The molecule has 0 unspecified atom stereocenters. The maximum Gasteiger partial charge on any atom is 0.333 e. The third kappa shape index (κ3) is 2.09. The Morgan fingerprint density at radius 2 is 1.86 bits per heavy atom. The van der Waals surface area contributed by atoms with Gasteiger partial charge in [-0.1, -0.05) is 6.42 Å². The molecule has 0 bridgehead atoms. The number of carbonyl (C=O) groups is 1. The first-order valence-corrected chi connectivity index (χ1v) is 10.0. The van der Waals surface area contributed by atoms with E-state index in [0.29, 0.717) is 35.5 Å². The van der Waals surface area contributed by atoms with E-state index in [1.165, 1.54) is 12.1 Å². The molecule has 0 amide bonds. The summed E-state index contributed by atoms with van der Waals surface area (Å²) < 4.78 is 55.6. The molecule has 3 aromatic rings. The Morgan fingerprint density at radius 1 is 1.11 bits per heavy atom. The zero-order valence-corrected chi connectivity index (χ0v) is 15.1. The molecule has 5 rings (SSSR count). The Morgan fingerprint density at radius 3 is 2.50 bits per heavy atom. The molecular weight excluding hydrogens is 392 g/mol. The van der Waals surface area contributed by atoms with Crippen LogP contribution in [0.4, 0.5) is 14.5 Å². The highest BCUT2D eigenvalue weighted by Gasteiger charge is 2.53. The molecule has 2 aromatic carbocycles. The fourth-order valence-corrected chi connectivity index (χ4v) is 5.21. The van der Waals surface area contributed by atoms with Crippen molar-refractivity contribution in [3.05, 3.63) is 58.0 Å². The number of nitrogens with one attached hydrogen (secondary N) is 2. The van der Waals surface area contributed by atoms with Crippen molar-refractivity contribution in [2.75, 3.05) is 4.72 Å². The van der Waals surface area contributed by atoms with Crippen LogP contribution in [0.15, 0.2) is 40.0 Å². The van der Waals surface area contributed by atoms with Crippen molar-refractivity contribution < 1.29 is 22.0 Å². The standard InChI is InChI=1S/C18H13F2N3O4S/c19-9-2-3-14(12(20)6-9)28(26,27)22-10-7-11-15-13(8-10)21-17(25)23(15)16(24)18(11)4-1-5-18/h2-3,6-8,22H,1,4-5H2,(H,21,25). The lowest BCUT2D eigenvalue weighted by atomic mass is 9.65. The van der Waals surface area contributed by atoms with Gasteiger partial charge >= 0.3 is 5.69 Å². The van der Waals surface area contributed by atoms with Crippen molar-refractivity contribution in [3.63, 3.8) is 0 Å². The lowest BCUT2D eigenvalue weighted by Gasteiger charge is -2.36. The minimum absolute atomic E-state index is 0.0839. The minimum Gasteiger partial charge on any atom is -0.305 e. The fourth-order valence-electron chi connectivity index (χ4n) is 4.11. The number of carbonyl (C=O) groups excluding carboxylic acids is 1. The zero-order chi connectivity index (χ0) is 19.8. The van der Waals surface area contributed by atoms with Gasteiger partial charge in [0.15, 0.2) is 0 Å². The Kier molecular flexibility index (Phi) is 3.23. The molecule has 144 valence electrons. The molecule has 1 aliphatic carbocycles. The maximum absolute atomic E-state index is 13.9. The molecule has 28 heavy (non-hydrogen) atoms. The Balaban J connectivity index is 1.65. The van der Waals surface area contributed by atoms with Crippen LogP contribution in [0.5, 0.6) is 0 Å². The predicted molar refractivity (Wildman–Crippen MR) is 95.9 cm³/mol. The van der Waals surface area contributed by atoms with E-state index in [9.17, 15) is 26.8 Å². The van der Waals surface area contributed by atoms with Gasteiger partial charge in [-0.3, -0.25) is 9.52 Å². The number of sulfonamides is 1. The van der Waals surface area contributed by atoms with Crippen molar-refractivity contribution >= 4 is 32.7 Å². The van der Waals surface area contributed by atoms with Crippen LogP contribution in [0.1, 0.15) is 29.6 Å². The highest BCUT2D eigenvalue weighted by atomic mass is 32.2. The lowest BCUT2D eigenvalue weighted by molar-refractivity contribution is 0.0722. The first-order valence-electron chi connectivity index (χ1n) is 8.55. The Bertz CT molecular complexity index is 1350. The summed E-state index contributed by atoms with van der Waals surface area (Å²) in [6.07, 6.45) is 1.97. The van der Waals surface area contributed by atoms with Gasteiger partial charge in [-0.25, -0.2) is 26.6 Å². The number of fused-ring (bicyclic) bond motifs is 1. The van der Waals surface area contributed by atoms with Gasteiger partial charge in [0.25, 0.3) is 10.0 Å². The third-order valence-electron chi connectivity index (χ3n) is 5.55. The summed E-state index contributed by atoms with van der Waals surface area (Å²) in [5.74, 6) is -2.42. The summed E-state index contributed by atoms with van der Waals surface area (Å²) in [7, 11) is -4.35.